The van der Waals surface area contributed by atoms with Crippen LogP contribution < -0.4 is 5.32 Å². The van der Waals surface area contributed by atoms with Gasteiger partial charge in [-0.2, -0.15) is 11.8 Å². The predicted octanol–water partition coefficient (Wildman–Crippen LogP) is 0.924. The van der Waals surface area contributed by atoms with Crippen LogP contribution in [0.2, 0.25) is 0 Å². The molecule has 6 heteroatoms. The van der Waals surface area contributed by atoms with Gasteiger partial charge in [0, 0.05) is 12.6 Å². The van der Waals surface area contributed by atoms with Crippen molar-refractivity contribution < 1.29 is 0 Å². The molecule has 0 aliphatic carbocycles. The van der Waals surface area contributed by atoms with Crippen LogP contribution in [-0.4, -0.2) is 37.8 Å². The zero-order chi connectivity index (χ0) is 11.4. The Bertz CT molecular complexity index is 319. The largest absolute Gasteiger partial charge is 0.308 e. The summed E-state index contributed by atoms with van der Waals surface area (Å²) in [4.78, 5) is 0. The van der Waals surface area contributed by atoms with Crippen LogP contribution in [-0.2, 0) is 13.1 Å². The molecule has 1 aromatic heterocycles. The first-order valence-corrected chi connectivity index (χ1v) is 6.97. The molecule has 1 unspecified atom stereocenters. The van der Waals surface area contributed by atoms with Crippen molar-refractivity contribution >= 4 is 11.8 Å². The molecule has 0 aromatic carbocycles. The number of tetrazole rings is 1. The van der Waals surface area contributed by atoms with E-state index >= 15 is 0 Å². The molecule has 0 saturated carbocycles. The van der Waals surface area contributed by atoms with Crippen LogP contribution >= 0.6 is 11.8 Å². The van der Waals surface area contributed by atoms with Gasteiger partial charge in [-0.25, -0.2) is 4.68 Å². The number of nitrogens with one attached hydrogen (secondary N) is 1. The number of nitrogens with zero attached hydrogens (tertiary/aromatic N) is 4. The Labute approximate surface area is 100 Å². The smallest absolute Gasteiger partial charge is 0.165 e. The standard InChI is InChI=1S/C10H19N5S/c1-8(2)11-5-10-12-13-14-15(10)6-9-3-4-16-7-9/h8-9,11H,3-7H2,1-2H3. The Morgan fingerprint density at radius 1 is 1.56 bits per heavy atom. The second-order valence-electron chi connectivity index (χ2n) is 4.54. The second-order valence-corrected chi connectivity index (χ2v) is 5.69. The molecule has 0 spiro atoms. The topological polar surface area (TPSA) is 55.6 Å². The molecule has 16 heavy (non-hydrogen) atoms. The summed E-state index contributed by atoms with van der Waals surface area (Å²) in [6.45, 7) is 5.98. The fourth-order valence-electron chi connectivity index (χ4n) is 1.76. The van der Waals surface area contributed by atoms with Crippen molar-refractivity contribution in [2.75, 3.05) is 11.5 Å². The zero-order valence-electron chi connectivity index (χ0n) is 9.89. The number of thioether (sulfide) groups is 1. The lowest BCUT2D eigenvalue weighted by atomic mass is 10.1. The highest BCUT2D eigenvalue weighted by molar-refractivity contribution is 7.99. The van der Waals surface area contributed by atoms with Crippen molar-refractivity contribution in [3.05, 3.63) is 5.82 Å². The first-order valence-electron chi connectivity index (χ1n) is 5.82. The number of hydrogen-bond donors (Lipinski definition) is 1. The van der Waals surface area contributed by atoms with Crippen molar-refractivity contribution in [3.63, 3.8) is 0 Å². The van der Waals surface area contributed by atoms with Crippen LogP contribution in [0.1, 0.15) is 26.1 Å². The third-order valence-corrected chi connectivity index (χ3v) is 3.96. The Balaban J connectivity index is 1.90. The van der Waals surface area contributed by atoms with Crippen molar-refractivity contribution in [2.45, 2.75) is 39.4 Å². The molecule has 1 aromatic rings. The maximum absolute atomic E-state index is 4.06. The summed E-state index contributed by atoms with van der Waals surface area (Å²) in [5.41, 5.74) is 0. The molecule has 90 valence electrons. The van der Waals surface area contributed by atoms with Gasteiger partial charge >= 0.3 is 0 Å². The summed E-state index contributed by atoms with van der Waals surface area (Å²) in [6, 6.07) is 0.465. The highest BCUT2D eigenvalue weighted by Gasteiger charge is 2.18. The predicted molar refractivity (Wildman–Crippen MR) is 65.2 cm³/mol. The Kier molecular flexibility index (Phi) is 4.17. The molecular weight excluding hydrogens is 222 g/mol. The molecule has 5 nitrogen and oxygen atoms in total. The van der Waals surface area contributed by atoms with E-state index in [1.807, 2.05) is 16.4 Å². The van der Waals surface area contributed by atoms with Gasteiger partial charge in [0.25, 0.3) is 0 Å². The molecule has 0 amide bonds. The Morgan fingerprint density at radius 3 is 3.12 bits per heavy atom. The van der Waals surface area contributed by atoms with Crippen LogP contribution in [0.3, 0.4) is 0 Å². The zero-order valence-corrected chi connectivity index (χ0v) is 10.7. The molecule has 0 bridgehead atoms. The van der Waals surface area contributed by atoms with Crippen LogP contribution in [0, 0.1) is 5.92 Å². The van der Waals surface area contributed by atoms with Gasteiger partial charge < -0.3 is 5.32 Å². The van der Waals surface area contributed by atoms with E-state index in [0.29, 0.717) is 6.04 Å². The first kappa shape index (κ1) is 11.9. The summed E-state index contributed by atoms with van der Waals surface area (Å²) >= 11 is 2.03. The van der Waals surface area contributed by atoms with E-state index in [1.165, 1.54) is 17.9 Å². The average molecular weight is 241 g/mol. The minimum Gasteiger partial charge on any atom is -0.308 e. The van der Waals surface area contributed by atoms with Crippen LogP contribution in [0.15, 0.2) is 0 Å². The quantitative estimate of drug-likeness (QED) is 0.831. The fraction of sp³-hybridized carbons (Fsp3) is 0.900. The summed E-state index contributed by atoms with van der Waals surface area (Å²) in [6.07, 6.45) is 1.29. The molecule has 2 rings (SSSR count). The monoisotopic (exact) mass is 241 g/mol. The van der Waals surface area contributed by atoms with Gasteiger partial charge in [-0.1, -0.05) is 13.8 Å². The normalized spacial score (nSPS) is 20.8. The third kappa shape index (κ3) is 3.18. The molecule has 1 aliphatic heterocycles. The first-order chi connectivity index (χ1) is 7.75. The summed E-state index contributed by atoms with van der Waals surface area (Å²) < 4.78 is 1.95. The van der Waals surface area contributed by atoms with Crippen LogP contribution in [0.4, 0.5) is 0 Å². The van der Waals surface area contributed by atoms with Gasteiger partial charge in [0.15, 0.2) is 5.82 Å². The van der Waals surface area contributed by atoms with E-state index in [9.17, 15) is 0 Å². The Morgan fingerprint density at radius 2 is 2.44 bits per heavy atom. The van der Waals surface area contributed by atoms with Crippen molar-refractivity contribution in [1.29, 1.82) is 0 Å². The SMILES string of the molecule is CC(C)NCc1nnnn1CC1CCSC1. The molecule has 1 saturated heterocycles. The Hall–Kier alpha value is -0.620. The maximum atomic E-state index is 4.06. The average Bonchev–Trinajstić information content (AvgIpc) is 2.87. The molecule has 0 radical (unpaired) electrons. The van der Waals surface area contributed by atoms with Crippen molar-refractivity contribution in [2.24, 2.45) is 5.92 Å². The van der Waals surface area contributed by atoms with E-state index in [2.05, 4.69) is 34.7 Å². The van der Waals surface area contributed by atoms with E-state index in [0.717, 1.165) is 24.8 Å². The second kappa shape index (κ2) is 5.63. The third-order valence-electron chi connectivity index (χ3n) is 2.73. The number of hydrogen-bond acceptors (Lipinski definition) is 5. The van der Waals surface area contributed by atoms with E-state index in [1.54, 1.807) is 0 Å². The summed E-state index contributed by atoms with van der Waals surface area (Å²) in [5.74, 6) is 4.22. The summed E-state index contributed by atoms with van der Waals surface area (Å²) in [7, 11) is 0. The molecule has 1 fully saturated rings. The molecule has 1 N–H and O–H groups in total. The molecule has 1 atom stereocenters. The van der Waals surface area contributed by atoms with Gasteiger partial charge in [-0.05, 0) is 34.3 Å². The summed E-state index contributed by atoms with van der Waals surface area (Å²) in [5, 5.41) is 15.2. The lowest BCUT2D eigenvalue weighted by molar-refractivity contribution is 0.428. The van der Waals surface area contributed by atoms with Crippen molar-refractivity contribution in [1.82, 2.24) is 25.5 Å². The molecular formula is C10H19N5S. The molecule has 2 heterocycles. The van der Waals surface area contributed by atoms with E-state index in [-0.39, 0.29) is 0 Å². The van der Waals surface area contributed by atoms with Crippen LogP contribution in [0.25, 0.3) is 0 Å². The van der Waals surface area contributed by atoms with Gasteiger partial charge in [0.05, 0.1) is 6.54 Å². The van der Waals surface area contributed by atoms with Gasteiger partial charge in [-0.15, -0.1) is 5.10 Å². The minimum absolute atomic E-state index is 0.465. The number of aromatic nitrogens is 4. The highest BCUT2D eigenvalue weighted by atomic mass is 32.2. The molecule has 1 aliphatic rings. The van der Waals surface area contributed by atoms with E-state index < -0.39 is 0 Å². The van der Waals surface area contributed by atoms with Gasteiger partial charge in [0.2, 0.25) is 0 Å². The number of rotatable bonds is 5. The lowest BCUT2D eigenvalue weighted by Gasteiger charge is -2.11. The van der Waals surface area contributed by atoms with E-state index in [4.69, 9.17) is 0 Å². The van der Waals surface area contributed by atoms with Crippen molar-refractivity contribution in [3.8, 4) is 0 Å². The van der Waals surface area contributed by atoms with Gasteiger partial charge in [0.1, 0.15) is 0 Å². The fourth-order valence-corrected chi connectivity index (χ4v) is 3.03. The maximum Gasteiger partial charge on any atom is 0.165 e. The lowest BCUT2D eigenvalue weighted by Crippen LogP contribution is -2.25. The van der Waals surface area contributed by atoms with Crippen LogP contribution in [0.5, 0.6) is 0 Å². The van der Waals surface area contributed by atoms with Gasteiger partial charge in [-0.3, -0.25) is 0 Å². The highest BCUT2D eigenvalue weighted by Crippen LogP contribution is 2.24. The minimum atomic E-state index is 0.465.